The van der Waals surface area contributed by atoms with Crippen LogP contribution in [0.15, 0.2) is 206 Å². The highest BCUT2D eigenvalue weighted by molar-refractivity contribution is 6.15. The van der Waals surface area contributed by atoms with Gasteiger partial charge in [0.1, 0.15) is 0 Å². The number of nitrogens with zero attached hydrogens (tertiary/aromatic N) is 4. The molecule has 2 aromatic heterocycles. The van der Waals surface area contributed by atoms with E-state index >= 15 is 0 Å². The van der Waals surface area contributed by atoms with Gasteiger partial charge in [-0.15, -0.1) is 0 Å². The molecule has 0 bridgehead atoms. The van der Waals surface area contributed by atoms with Crippen LogP contribution < -0.4 is 0 Å². The summed E-state index contributed by atoms with van der Waals surface area (Å²) in [5.41, 5.74) is 13.2. The molecular formula is C51H34N4. The molecule has 0 spiro atoms. The summed E-state index contributed by atoms with van der Waals surface area (Å²) in [6, 6.07) is 72.4. The van der Waals surface area contributed by atoms with E-state index in [2.05, 4.69) is 174 Å². The molecular weight excluding hydrogens is 669 g/mol. The van der Waals surface area contributed by atoms with Gasteiger partial charge in [-0.05, 0) is 57.1 Å². The van der Waals surface area contributed by atoms with Crippen molar-refractivity contribution in [3.05, 3.63) is 206 Å². The fourth-order valence-corrected chi connectivity index (χ4v) is 7.55. The van der Waals surface area contributed by atoms with Gasteiger partial charge in [-0.1, -0.05) is 188 Å². The maximum atomic E-state index is 5.22. The lowest BCUT2D eigenvalue weighted by Crippen LogP contribution is -2.07. The topological polar surface area (TPSA) is 43.6 Å². The van der Waals surface area contributed by atoms with Crippen LogP contribution in [0.2, 0.25) is 0 Å². The molecule has 0 saturated heterocycles. The summed E-state index contributed by atoms with van der Waals surface area (Å²) in [5.74, 6) is 1.82. The van der Waals surface area contributed by atoms with E-state index in [1.54, 1.807) is 0 Å². The van der Waals surface area contributed by atoms with Gasteiger partial charge in [0.25, 0.3) is 0 Å². The van der Waals surface area contributed by atoms with Crippen molar-refractivity contribution in [3.63, 3.8) is 0 Å². The van der Waals surface area contributed by atoms with Crippen LogP contribution in [-0.4, -0.2) is 19.5 Å². The average Bonchev–Trinajstić information content (AvgIpc) is 3.62. The zero-order chi connectivity index (χ0) is 36.6. The van der Waals surface area contributed by atoms with Gasteiger partial charge in [-0.2, -0.15) is 9.97 Å². The molecule has 0 unspecified atom stereocenters. The van der Waals surface area contributed by atoms with Gasteiger partial charge in [0.15, 0.2) is 11.6 Å². The molecule has 2 heterocycles. The van der Waals surface area contributed by atoms with Crippen LogP contribution in [0.25, 0.3) is 95.0 Å². The van der Waals surface area contributed by atoms with E-state index in [0.717, 1.165) is 55.2 Å². The summed E-state index contributed by atoms with van der Waals surface area (Å²) in [6.07, 6.45) is 0. The Kier molecular flexibility index (Phi) is 8.12. The van der Waals surface area contributed by atoms with E-state index in [9.17, 15) is 0 Å². The molecule has 0 fully saturated rings. The second-order valence-corrected chi connectivity index (χ2v) is 13.7. The molecule has 0 aliphatic heterocycles. The van der Waals surface area contributed by atoms with Crippen LogP contribution in [-0.2, 0) is 0 Å². The van der Waals surface area contributed by atoms with Crippen LogP contribution in [0.3, 0.4) is 0 Å². The number of para-hydroxylation sites is 1. The first kappa shape index (κ1) is 32.2. The number of aromatic nitrogens is 4. The number of benzene rings is 8. The third-order valence-corrected chi connectivity index (χ3v) is 10.3. The number of rotatable bonds is 7. The minimum atomic E-state index is 0.570. The zero-order valence-corrected chi connectivity index (χ0v) is 29.9. The molecule has 4 nitrogen and oxygen atoms in total. The van der Waals surface area contributed by atoms with E-state index < -0.39 is 0 Å². The third-order valence-electron chi connectivity index (χ3n) is 10.3. The molecule has 0 N–H and O–H groups in total. The lowest BCUT2D eigenvalue weighted by Gasteiger charge is -2.15. The molecule has 0 amide bonds. The highest BCUT2D eigenvalue weighted by atomic mass is 15.2. The van der Waals surface area contributed by atoms with Crippen molar-refractivity contribution in [1.29, 1.82) is 0 Å². The first-order valence-corrected chi connectivity index (χ1v) is 18.5. The van der Waals surface area contributed by atoms with Gasteiger partial charge in [-0.25, -0.2) is 4.98 Å². The van der Waals surface area contributed by atoms with Crippen molar-refractivity contribution in [2.45, 2.75) is 0 Å². The minimum Gasteiger partial charge on any atom is -0.277 e. The zero-order valence-electron chi connectivity index (χ0n) is 29.9. The molecule has 10 rings (SSSR count). The molecule has 55 heavy (non-hydrogen) atoms. The Morgan fingerprint density at radius 3 is 1.20 bits per heavy atom. The van der Waals surface area contributed by atoms with E-state index in [1.165, 1.54) is 22.3 Å². The fraction of sp³-hybridized carbons (Fsp3) is 0. The lowest BCUT2D eigenvalue weighted by atomic mass is 9.93. The Morgan fingerprint density at radius 2 is 0.691 bits per heavy atom. The molecule has 10 aromatic rings. The quantitative estimate of drug-likeness (QED) is 0.166. The van der Waals surface area contributed by atoms with Crippen LogP contribution in [0.4, 0.5) is 0 Å². The predicted octanol–water partition coefficient (Wildman–Crippen LogP) is 13.0. The summed E-state index contributed by atoms with van der Waals surface area (Å²) >= 11 is 0. The number of fused-ring (bicyclic) bond motifs is 3. The lowest BCUT2D eigenvalue weighted by molar-refractivity contribution is 0.954. The van der Waals surface area contributed by atoms with E-state index in [0.29, 0.717) is 17.6 Å². The van der Waals surface area contributed by atoms with Crippen molar-refractivity contribution < 1.29 is 0 Å². The standard InChI is InChI=1S/C51H34N4/c1-5-15-35(16-6-1)37-25-27-39(28-26-37)43-33-45(40-31-29-38(30-32-40)36-17-7-2-8-18-36)48-46(34-43)44-23-13-14-24-47(44)55(48)51-53-49(41-19-9-3-10-20-41)52-50(54-51)42-21-11-4-12-22-42/h1-34H. The Bertz CT molecular complexity index is 2860. The number of hydrogen-bond acceptors (Lipinski definition) is 3. The van der Waals surface area contributed by atoms with Gasteiger partial charge in [0.05, 0.1) is 11.0 Å². The Morgan fingerprint density at radius 1 is 0.291 bits per heavy atom. The summed E-state index contributed by atoms with van der Waals surface area (Å²) in [5, 5.41) is 2.26. The van der Waals surface area contributed by atoms with Crippen molar-refractivity contribution in [2.24, 2.45) is 0 Å². The summed E-state index contributed by atoms with van der Waals surface area (Å²) < 4.78 is 2.23. The van der Waals surface area contributed by atoms with Crippen molar-refractivity contribution >= 4 is 21.8 Å². The molecule has 0 atom stereocenters. The Labute approximate surface area is 319 Å². The van der Waals surface area contributed by atoms with E-state index in [4.69, 9.17) is 15.0 Å². The summed E-state index contributed by atoms with van der Waals surface area (Å²) in [6.45, 7) is 0. The molecule has 4 heteroatoms. The molecule has 0 saturated carbocycles. The van der Waals surface area contributed by atoms with Gasteiger partial charge in [0.2, 0.25) is 5.95 Å². The molecule has 0 aliphatic rings. The van der Waals surface area contributed by atoms with Gasteiger partial charge >= 0.3 is 0 Å². The maximum Gasteiger partial charge on any atom is 0.238 e. The third kappa shape index (κ3) is 6.06. The monoisotopic (exact) mass is 702 g/mol. The van der Waals surface area contributed by atoms with E-state index in [-0.39, 0.29) is 0 Å². The first-order chi connectivity index (χ1) is 27.3. The average molecular weight is 703 g/mol. The molecule has 258 valence electrons. The maximum absolute atomic E-state index is 5.22. The Balaban J connectivity index is 1.24. The largest absolute Gasteiger partial charge is 0.277 e. The van der Waals surface area contributed by atoms with Crippen LogP contribution in [0.5, 0.6) is 0 Å². The SMILES string of the molecule is c1ccc(-c2ccc(-c3cc(-c4ccc(-c5ccccc5)cc4)c4c(c3)c3ccccc3n4-c3nc(-c4ccccc4)nc(-c4ccccc4)n3)cc2)cc1. The van der Waals surface area contributed by atoms with Gasteiger partial charge in [0, 0.05) is 27.5 Å². The predicted molar refractivity (Wildman–Crippen MR) is 227 cm³/mol. The second kappa shape index (κ2) is 13.8. The summed E-state index contributed by atoms with van der Waals surface area (Å²) in [7, 11) is 0. The highest BCUT2D eigenvalue weighted by Crippen LogP contribution is 2.42. The van der Waals surface area contributed by atoms with Crippen molar-refractivity contribution in [2.75, 3.05) is 0 Å². The molecule has 8 aromatic carbocycles. The first-order valence-electron chi connectivity index (χ1n) is 18.5. The van der Waals surface area contributed by atoms with Crippen LogP contribution in [0.1, 0.15) is 0 Å². The summed E-state index contributed by atoms with van der Waals surface area (Å²) in [4.78, 5) is 15.5. The van der Waals surface area contributed by atoms with Crippen molar-refractivity contribution in [1.82, 2.24) is 19.5 Å². The highest BCUT2D eigenvalue weighted by Gasteiger charge is 2.22. The molecule has 0 aliphatic carbocycles. The number of hydrogen-bond donors (Lipinski definition) is 0. The van der Waals surface area contributed by atoms with Crippen LogP contribution in [0, 0.1) is 0 Å². The Hall–Kier alpha value is -7.43. The smallest absolute Gasteiger partial charge is 0.238 e. The minimum absolute atomic E-state index is 0.570. The van der Waals surface area contributed by atoms with E-state index in [1.807, 2.05) is 36.4 Å². The van der Waals surface area contributed by atoms with Crippen LogP contribution >= 0.6 is 0 Å². The van der Waals surface area contributed by atoms with Gasteiger partial charge in [-0.3, -0.25) is 4.57 Å². The van der Waals surface area contributed by atoms with Gasteiger partial charge < -0.3 is 0 Å². The second-order valence-electron chi connectivity index (χ2n) is 13.7. The van der Waals surface area contributed by atoms with Crippen molar-refractivity contribution in [3.8, 4) is 73.2 Å². The normalized spacial score (nSPS) is 11.3. The fourth-order valence-electron chi connectivity index (χ4n) is 7.55. The molecule has 0 radical (unpaired) electrons.